The van der Waals surface area contributed by atoms with Crippen molar-refractivity contribution in [3.8, 4) is 0 Å². The molecule has 0 bridgehead atoms. The number of rotatable bonds is 10. The van der Waals surface area contributed by atoms with Gasteiger partial charge in [-0.05, 0) is 30.5 Å². The molecule has 24 heavy (non-hydrogen) atoms. The van der Waals surface area contributed by atoms with Crippen molar-refractivity contribution in [3.63, 3.8) is 0 Å². The molecule has 0 aliphatic rings. The molecule has 7 nitrogen and oxygen atoms in total. The van der Waals surface area contributed by atoms with Gasteiger partial charge in [0, 0.05) is 25.0 Å². The summed E-state index contributed by atoms with van der Waals surface area (Å²) in [5.41, 5.74) is 0.572. The largest absolute Gasteiger partial charge is 0.332 e. The van der Waals surface area contributed by atoms with Gasteiger partial charge in [-0.3, -0.25) is 19.7 Å². The topological polar surface area (TPSA) is 101 Å². The van der Waals surface area contributed by atoms with Crippen molar-refractivity contribution in [2.45, 2.75) is 58.5 Å². The van der Waals surface area contributed by atoms with Gasteiger partial charge in [0.25, 0.3) is 5.69 Å². The minimum atomic E-state index is -0.681. The van der Waals surface area contributed by atoms with Crippen LogP contribution in [-0.2, 0) is 9.59 Å². The molecule has 0 spiro atoms. The normalized spacial score (nSPS) is 10.5. The van der Waals surface area contributed by atoms with E-state index in [4.69, 9.17) is 0 Å². The van der Waals surface area contributed by atoms with Gasteiger partial charge in [-0.25, -0.2) is 0 Å². The van der Waals surface area contributed by atoms with E-state index in [0.717, 1.165) is 25.7 Å². The molecule has 0 saturated carbocycles. The number of nitro benzene ring substituents is 1. The molecule has 1 aromatic rings. The molecule has 0 unspecified atom stereocenters. The highest BCUT2D eigenvalue weighted by Crippen LogP contribution is 2.17. The lowest BCUT2D eigenvalue weighted by molar-refractivity contribution is -0.384. The van der Waals surface area contributed by atoms with E-state index in [-0.39, 0.29) is 17.5 Å². The fraction of sp³-hybridized carbons (Fsp3) is 0.529. The molecule has 132 valence electrons. The quantitative estimate of drug-likeness (QED) is 0.389. The molecule has 0 aromatic heterocycles. The Balaban J connectivity index is 2.84. The predicted molar refractivity (Wildman–Crippen MR) is 91.2 cm³/mol. The third-order valence-corrected chi connectivity index (χ3v) is 3.56. The van der Waals surface area contributed by atoms with Crippen LogP contribution in [0.5, 0.6) is 0 Å². The Bertz CT molecular complexity index is 535. The third-order valence-electron chi connectivity index (χ3n) is 3.56. The second kappa shape index (κ2) is 10.4. The number of hydrogen-bond donors (Lipinski definition) is 2. The molecule has 2 N–H and O–H groups in total. The van der Waals surface area contributed by atoms with Crippen LogP contribution in [0.15, 0.2) is 24.3 Å². The molecule has 7 heteroatoms. The summed E-state index contributed by atoms with van der Waals surface area (Å²) >= 11 is 0. The molecule has 0 atom stereocenters. The van der Waals surface area contributed by atoms with Gasteiger partial charge in [-0.15, -0.1) is 0 Å². The number of nitrogens with zero attached hydrogens (tertiary/aromatic N) is 1. The maximum Gasteiger partial charge on any atom is 0.269 e. The highest BCUT2D eigenvalue weighted by atomic mass is 16.6. The van der Waals surface area contributed by atoms with Crippen LogP contribution in [0.3, 0.4) is 0 Å². The molecular weight excluding hydrogens is 310 g/mol. The summed E-state index contributed by atoms with van der Waals surface area (Å²) in [6.45, 7) is 3.99. The number of non-ortho nitro benzene ring substituents is 1. The zero-order chi connectivity index (χ0) is 17.9. The number of benzene rings is 1. The van der Waals surface area contributed by atoms with Crippen LogP contribution < -0.4 is 10.6 Å². The van der Waals surface area contributed by atoms with Gasteiger partial charge in [0.05, 0.1) is 4.92 Å². The average molecular weight is 335 g/mol. The maximum absolute atomic E-state index is 12.0. The molecule has 0 aliphatic carbocycles. The van der Waals surface area contributed by atoms with Crippen molar-refractivity contribution < 1.29 is 14.5 Å². The molecule has 0 fully saturated rings. The number of carbonyl (C=O) groups excluding carboxylic acids is 2. The maximum atomic E-state index is 12.0. The first-order valence-corrected chi connectivity index (χ1v) is 8.31. The number of unbranched alkanes of at least 4 members (excludes halogenated alkanes) is 2. The first-order valence-electron chi connectivity index (χ1n) is 8.31. The standard InChI is InChI=1S/C17H25N3O4/c1-3-5-7-15(21)18-17(19-16(22)8-6-4-2)13-9-11-14(12-10-13)20(23)24/h9-12,17H,3-8H2,1-2H3,(H,18,21)(H,19,22). The molecule has 0 heterocycles. The Kier molecular flexibility index (Phi) is 8.46. The highest BCUT2D eigenvalue weighted by molar-refractivity contribution is 5.79. The molecule has 2 amide bonds. The number of nitro groups is 1. The van der Waals surface area contributed by atoms with E-state index in [1.54, 1.807) is 12.1 Å². The van der Waals surface area contributed by atoms with E-state index in [9.17, 15) is 19.7 Å². The van der Waals surface area contributed by atoms with Crippen LogP contribution in [0.2, 0.25) is 0 Å². The van der Waals surface area contributed by atoms with Crippen molar-refractivity contribution in [2.24, 2.45) is 0 Å². The fourth-order valence-corrected chi connectivity index (χ4v) is 2.13. The first kappa shape index (κ1) is 19.6. The smallest absolute Gasteiger partial charge is 0.269 e. The molecular formula is C17H25N3O4. The minimum Gasteiger partial charge on any atom is -0.332 e. The first-order chi connectivity index (χ1) is 11.5. The Labute approximate surface area is 142 Å². The van der Waals surface area contributed by atoms with Gasteiger partial charge in [0.1, 0.15) is 6.17 Å². The predicted octanol–water partition coefficient (Wildman–Crippen LogP) is 3.21. The number of carbonyl (C=O) groups is 2. The van der Waals surface area contributed by atoms with E-state index < -0.39 is 11.1 Å². The van der Waals surface area contributed by atoms with E-state index in [1.165, 1.54) is 12.1 Å². The van der Waals surface area contributed by atoms with Crippen LogP contribution in [-0.4, -0.2) is 16.7 Å². The lowest BCUT2D eigenvalue weighted by atomic mass is 10.1. The van der Waals surface area contributed by atoms with Crippen molar-refractivity contribution in [3.05, 3.63) is 39.9 Å². The summed E-state index contributed by atoms with van der Waals surface area (Å²) in [6, 6.07) is 5.81. The van der Waals surface area contributed by atoms with E-state index in [0.29, 0.717) is 18.4 Å². The molecule has 0 aliphatic heterocycles. The summed E-state index contributed by atoms with van der Waals surface area (Å²) in [7, 11) is 0. The van der Waals surface area contributed by atoms with Gasteiger partial charge in [0.15, 0.2) is 0 Å². The fourth-order valence-electron chi connectivity index (χ4n) is 2.13. The highest BCUT2D eigenvalue weighted by Gasteiger charge is 2.17. The summed E-state index contributed by atoms with van der Waals surface area (Å²) in [5, 5.41) is 16.3. The second-order valence-corrected chi connectivity index (χ2v) is 5.62. The van der Waals surface area contributed by atoms with Crippen LogP contribution in [0.25, 0.3) is 0 Å². The SMILES string of the molecule is CCCCC(=O)NC(NC(=O)CCCC)c1ccc([N+](=O)[O-])cc1. The summed E-state index contributed by atoms with van der Waals surface area (Å²) in [4.78, 5) is 34.2. The van der Waals surface area contributed by atoms with Gasteiger partial charge >= 0.3 is 0 Å². The minimum absolute atomic E-state index is 0.0351. The van der Waals surface area contributed by atoms with Gasteiger partial charge in [0.2, 0.25) is 11.8 Å². The lowest BCUT2D eigenvalue weighted by Crippen LogP contribution is -2.41. The van der Waals surface area contributed by atoms with E-state index in [1.807, 2.05) is 13.8 Å². The van der Waals surface area contributed by atoms with Crippen molar-refractivity contribution in [1.29, 1.82) is 0 Å². The molecule has 1 rings (SSSR count). The second-order valence-electron chi connectivity index (χ2n) is 5.62. The average Bonchev–Trinajstić information content (AvgIpc) is 2.57. The van der Waals surface area contributed by atoms with Crippen molar-refractivity contribution in [2.75, 3.05) is 0 Å². The summed E-state index contributed by atoms with van der Waals surface area (Å²) < 4.78 is 0. The summed E-state index contributed by atoms with van der Waals surface area (Å²) in [6.07, 6.45) is 3.41. The monoisotopic (exact) mass is 335 g/mol. The number of nitrogens with one attached hydrogen (secondary N) is 2. The summed E-state index contributed by atoms with van der Waals surface area (Å²) in [5.74, 6) is -0.313. The van der Waals surface area contributed by atoms with Crippen LogP contribution in [0, 0.1) is 10.1 Å². The molecule has 0 saturated heterocycles. The van der Waals surface area contributed by atoms with Gasteiger partial charge < -0.3 is 10.6 Å². The zero-order valence-corrected chi connectivity index (χ0v) is 14.2. The Morgan fingerprint density at radius 2 is 1.46 bits per heavy atom. The Hall–Kier alpha value is -2.44. The number of hydrogen-bond acceptors (Lipinski definition) is 4. The lowest BCUT2D eigenvalue weighted by Gasteiger charge is -2.21. The zero-order valence-electron chi connectivity index (χ0n) is 14.2. The van der Waals surface area contributed by atoms with Crippen molar-refractivity contribution >= 4 is 17.5 Å². The van der Waals surface area contributed by atoms with Gasteiger partial charge in [-0.1, -0.05) is 26.7 Å². The molecule has 0 radical (unpaired) electrons. The van der Waals surface area contributed by atoms with Crippen LogP contribution in [0.1, 0.15) is 64.1 Å². The Morgan fingerprint density at radius 3 is 1.83 bits per heavy atom. The Morgan fingerprint density at radius 1 is 1.00 bits per heavy atom. The number of amides is 2. The van der Waals surface area contributed by atoms with E-state index >= 15 is 0 Å². The van der Waals surface area contributed by atoms with Crippen molar-refractivity contribution in [1.82, 2.24) is 10.6 Å². The van der Waals surface area contributed by atoms with Crippen LogP contribution >= 0.6 is 0 Å². The van der Waals surface area contributed by atoms with Crippen LogP contribution in [0.4, 0.5) is 5.69 Å². The van der Waals surface area contributed by atoms with E-state index in [2.05, 4.69) is 10.6 Å². The molecule has 1 aromatic carbocycles. The van der Waals surface area contributed by atoms with Gasteiger partial charge in [-0.2, -0.15) is 0 Å². The third kappa shape index (κ3) is 6.76.